The first-order chi connectivity index (χ1) is 11.4. The summed E-state index contributed by atoms with van der Waals surface area (Å²) < 4.78 is 5.77. The van der Waals surface area contributed by atoms with E-state index in [9.17, 15) is 9.59 Å². The fraction of sp³-hybridized carbons (Fsp3) is 0.278. The Balaban J connectivity index is 2.17. The average molecular weight is 327 g/mol. The van der Waals surface area contributed by atoms with Crippen molar-refractivity contribution < 1.29 is 14.3 Å². The molecule has 1 aromatic heterocycles. The number of pyridine rings is 1. The van der Waals surface area contributed by atoms with Gasteiger partial charge in [0.05, 0.1) is 0 Å². The number of carbonyl (C=O) groups excluding carboxylic acids is 2. The van der Waals surface area contributed by atoms with Crippen molar-refractivity contribution in [3.05, 3.63) is 47.5 Å². The largest absolute Gasteiger partial charge is 0.439 e. The first-order valence-corrected chi connectivity index (χ1v) is 7.62. The summed E-state index contributed by atoms with van der Waals surface area (Å²) in [6, 6.07) is 10.4. The number of ether oxygens (including phenoxy) is 1. The smallest absolute Gasteiger partial charge is 0.250 e. The molecule has 0 aliphatic carbocycles. The van der Waals surface area contributed by atoms with Crippen LogP contribution in [0.25, 0.3) is 0 Å². The molecule has 24 heavy (non-hydrogen) atoms. The highest BCUT2D eigenvalue weighted by Crippen LogP contribution is 2.24. The molecule has 1 unspecified atom stereocenters. The lowest BCUT2D eigenvalue weighted by Crippen LogP contribution is -2.43. The van der Waals surface area contributed by atoms with E-state index < -0.39 is 6.04 Å². The van der Waals surface area contributed by atoms with Crippen LogP contribution in [0.15, 0.2) is 36.4 Å². The van der Waals surface area contributed by atoms with E-state index in [-0.39, 0.29) is 5.91 Å². The molecule has 0 spiro atoms. The number of nitrogens with zero attached hydrogens (tertiary/aromatic N) is 2. The van der Waals surface area contributed by atoms with Gasteiger partial charge in [-0.1, -0.05) is 12.1 Å². The van der Waals surface area contributed by atoms with Crippen molar-refractivity contribution in [3.63, 3.8) is 0 Å². The number of rotatable bonds is 6. The number of benzene rings is 1. The Morgan fingerprint density at radius 2 is 2.00 bits per heavy atom. The number of nitrogens with one attached hydrogen (secondary N) is 1. The molecule has 1 aromatic carbocycles. The topological polar surface area (TPSA) is 71.5 Å². The first-order valence-electron chi connectivity index (χ1n) is 7.62. The second kappa shape index (κ2) is 7.59. The summed E-state index contributed by atoms with van der Waals surface area (Å²) in [5, 5.41) is 2.43. The SMILES string of the molecule is Cc1ccc(Oc2cccc(N(C)C(=O)C(C)NC=O)n2)cc1C. The van der Waals surface area contributed by atoms with Gasteiger partial charge < -0.3 is 10.1 Å². The molecular formula is C18H21N3O3. The zero-order chi connectivity index (χ0) is 17.7. The van der Waals surface area contributed by atoms with Gasteiger partial charge in [-0.15, -0.1) is 0 Å². The van der Waals surface area contributed by atoms with Crippen LogP contribution in [0.5, 0.6) is 11.6 Å². The number of likely N-dealkylation sites (N-methyl/N-ethyl adjacent to an activating group) is 1. The molecule has 0 bridgehead atoms. The summed E-state index contributed by atoms with van der Waals surface area (Å²) >= 11 is 0. The minimum Gasteiger partial charge on any atom is -0.439 e. The monoisotopic (exact) mass is 327 g/mol. The van der Waals surface area contributed by atoms with E-state index in [4.69, 9.17) is 4.74 Å². The molecule has 2 amide bonds. The molecule has 0 fully saturated rings. The number of hydrogen-bond acceptors (Lipinski definition) is 4. The van der Waals surface area contributed by atoms with Crippen molar-refractivity contribution in [2.45, 2.75) is 26.8 Å². The third-order valence-electron chi connectivity index (χ3n) is 3.77. The lowest BCUT2D eigenvalue weighted by atomic mass is 10.1. The third kappa shape index (κ3) is 4.10. The predicted molar refractivity (Wildman–Crippen MR) is 92.3 cm³/mol. The molecule has 2 rings (SSSR count). The molecule has 1 atom stereocenters. The first kappa shape index (κ1) is 17.5. The highest BCUT2D eigenvalue weighted by atomic mass is 16.5. The van der Waals surface area contributed by atoms with E-state index in [1.165, 1.54) is 10.5 Å². The molecule has 6 nitrogen and oxygen atoms in total. The fourth-order valence-corrected chi connectivity index (χ4v) is 2.12. The van der Waals surface area contributed by atoms with Crippen molar-refractivity contribution in [2.24, 2.45) is 0 Å². The van der Waals surface area contributed by atoms with Gasteiger partial charge in [-0.2, -0.15) is 4.98 Å². The minimum atomic E-state index is -0.626. The van der Waals surface area contributed by atoms with Gasteiger partial charge in [0.1, 0.15) is 17.6 Å². The van der Waals surface area contributed by atoms with Crippen LogP contribution in [0.2, 0.25) is 0 Å². The van der Waals surface area contributed by atoms with Crippen LogP contribution < -0.4 is 15.0 Å². The van der Waals surface area contributed by atoms with Gasteiger partial charge in [-0.3, -0.25) is 14.5 Å². The molecule has 1 heterocycles. The Morgan fingerprint density at radius 1 is 1.25 bits per heavy atom. The van der Waals surface area contributed by atoms with Gasteiger partial charge in [0.15, 0.2) is 0 Å². The van der Waals surface area contributed by atoms with Crippen LogP contribution in [0, 0.1) is 13.8 Å². The van der Waals surface area contributed by atoms with E-state index >= 15 is 0 Å². The van der Waals surface area contributed by atoms with Crippen molar-refractivity contribution in [1.82, 2.24) is 10.3 Å². The van der Waals surface area contributed by atoms with E-state index in [1.807, 2.05) is 32.0 Å². The van der Waals surface area contributed by atoms with Gasteiger partial charge >= 0.3 is 0 Å². The molecule has 1 N–H and O–H groups in total. The maximum atomic E-state index is 12.2. The summed E-state index contributed by atoms with van der Waals surface area (Å²) in [7, 11) is 1.60. The van der Waals surface area contributed by atoms with Crippen LogP contribution >= 0.6 is 0 Å². The van der Waals surface area contributed by atoms with Gasteiger partial charge in [-0.25, -0.2) is 0 Å². The van der Waals surface area contributed by atoms with Crippen molar-refractivity contribution in [3.8, 4) is 11.6 Å². The molecule has 6 heteroatoms. The molecule has 126 valence electrons. The second-order valence-corrected chi connectivity index (χ2v) is 5.59. The molecule has 0 saturated heterocycles. The second-order valence-electron chi connectivity index (χ2n) is 5.59. The van der Waals surface area contributed by atoms with Gasteiger partial charge in [0, 0.05) is 13.1 Å². The summed E-state index contributed by atoms with van der Waals surface area (Å²) in [6.07, 6.45) is 0.503. The number of anilines is 1. The van der Waals surface area contributed by atoms with Crippen LogP contribution in [-0.2, 0) is 9.59 Å². The van der Waals surface area contributed by atoms with Gasteiger partial charge in [0.25, 0.3) is 0 Å². The Bertz CT molecular complexity index is 746. The normalized spacial score (nSPS) is 11.5. The summed E-state index contributed by atoms with van der Waals surface area (Å²) in [5.41, 5.74) is 2.32. The van der Waals surface area contributed by atoms with Crippen molar-refractivity contribution in [1.29, 1.82) is 0 Å². The van der Waals surface area contributed by atoms with Crippen LogP contribution in [0.4, 0.5) is 5.82 Å². The Kier molecular flexibility index (Phi) is 5.52. The van der Waals surface area contributed by atoms with E-state index in [1.54, 1.807) is 32.2 Å². The van der Waals surface area contributed by atoms with Crippen molar-refractivity contribution >= 4 is 18.1 Å². The predicted octanol–water partition coefficient (Wildman–Crippen LogP) is 2.59. The fourth-order valence-electron chi connectivity index (χ4n) is 2.12. The summed E-state index contributed by atoms with van der Waals surface area (Å²) in [4.78, 5) is 28.4. The van der Waals surface area contributed by atoms with Gasteiger partial charge in [0.2, 0.25) is 18.2 Å². The lowest BCUT2D eigenvalue weighted by Gasteiger charge is -2.20. The number of amides is 2. The quantitative estimate of drug-likeness (QED) is 0.828. The maximum absolute atomic E-state index is 12.2. The molecule has 0 radical (unpaired) electrons. The minimum absolute atomic E-state index is 0.266. The molecule has 0 aliphatic heterocycles. The zero-order valence-corrected chi connectivity index (χ0v) is 14.2. The highest BCUT2D eigenvalue weighted by Gasteiger charge is 2.19. The standard InChI is InChI=1S/C18H21N3O3/c1-12-8-9-15(10-13(12)2)24-17-7-5-6-16(20-17)21(4)18(23)14(3)19-11-22/h5-11,14H,1-4H3,(H,19,22). The van der Waals surface area contributed by atoms with Crippen LogP contribution in [0.1, 0.15) is 18.1 Å². The number of carbonyl (C=O) groups is 2. The highest BCUT2D eigenvalue weighted by molar-refractivity contribution is 5.96. The average Bonchev–Trinajstić information content (AvgIpc) is 2.57. The van der Waals surface area contributed by atoms with E-state index in [0.717, 1.165) is 5.56 Å². The van der Waals surface area contributed by atoms with E-state index in [2.05, 4.69) is 10.3 Å². The maximum Gasteiger partial charge on any atom is 0.250 e. The van der Waals surface area contributed by atoms with E-state index in [0.29, 0.717) is 23.9 Å². The number of aromatic nitrogens is 1. The number of aryl methyl sites for hydroxylation is 2. The third-order valence-corrected chi connectivity index (χ3v) is 3.77. The Hall–Kier alpha value is -2.89. The Labute approximate surface area is 141 Å². The summed E-state index contributed by atoms with van der Waals surface area (Å²) in [5.74, 6) is 1.26. The van der Waals surface area contributed by atoms with Crippen molar-refractivity contribution in [2.75, 3.05) is 11.9 Å². The van der Waals surface area contributed by atoms with Crippen LogP contribution in [-0.4, -0.2) is 30.4 Å². The van der Waals surface area contributed by atoms with Crippen LogP contribution in [0.3, 0.4) is 0 Å². The summed E-state index contributed by atoms with van der Waals surface area (Å²) in [6.45, 7) is 5.66. The molecule has 2 aromatic rings. The Morgan fingerprint density at radius 3 is 2.67 bits per heavy atom. The molecule has 0 aliphatic rings. The lowest BCUT2D eigenvalue weighted by molar-refractivity contribution is -0.122. The molecule has 0 saturated carbocycles. The molecular weight excluding hydrogens is 306 g/mol. The zero-order valence-electron chi connectivity index (χ0n) is 14.2. The van der Waals surface area contributed by atoms with Gasteiger partial charge in [-0.05, 0) is 50.1 Å². The number of hydrogen-bond donors (Lipinski definition) is 1.